The van der Waals surface area contributed by atoms with Crippen molar-refractivity contribution in [2.45, 2.75) is 4.90 Å². The molecular weight excluding hydrogens is 424 g/mol. The Bertz CT molecular complexity index is 1330. The fourth-order valence-corrected chi connectivity index (χ4v) is 4.31. The Kier molecular flexibility index (Phi) is 5.96. The third kappa shape index (κ3) is 4.50. The van der Waals surface area contributed by atoms with E-state index in [1.807, 2.05) is 36.4 Å². The van der Waals surface area contributed by atoms with Crippen molar-refractivity contribution in [3.63, 3.8) is 0 Å². The Morgan fingerprint density at radius 3 is 2.12 bits per heavy atom. The zero-order chi connectivity index (χ0) is 22.6. The summed E-state index contributed by atoms with van der Waals surface area (Å²) in [6.45, 7) is 0. The highest BCUT2D eigenvalue weighted by Gasteiger charge is 2.22. The number of nitrogens with zero attached hydrogens (tertiary/aromatic N) is 3. The molecule has 0 spiro atoms. The average Bonchev–Trinajstić information content (AvgIpc) is 2.85. The van der Waals surface area contributed by atoms with Gasteiger partial charge in [-0.05, 0) is 30.3 Å². The standard InChI is InChI=1S/C24H20N4O3S/c1-28(21-12-6-3-7-13-21)32(30,31)22-14-8-11-19(15-22)24(29)27-20-16-25-23(26-17-20)18-9-4-2-5-10-18/h2-17H,1H3,(H,27,29). The minimum absolute atomic E-state index is 0.0205. The number of anilines is 2. The summed E-state index contributed by atoms with van der Waals surface area (Å²) in [6, 6.07) is 24.1. The average molecular weight is 445 g/mol. The van der Waals surface area contributed by atoms with E-state index in [0.29, 0.717) is 17.2 Å². The lowest BCUT2D eigenvalue weighted by Crippen LogP contribution is -2.26. The lowest BCUT2D eigenvalue weighted by atomic mass is 10.2. The Morgan fingerprint density at radius 1 is 0.844 bits per heavy atom. The first-order chi connectivity index (χ1) is 15.4. The molecule has 1 aromatic heterocycles. The first-order valence-electron chi connectivity index (χ1n) is 9.78. The van der Waals surface area contributed by atoms with Gasteiger partial charge in [-0.25, -0.2) is 18.4 Å². The van der Waals surface area contributed by atoms with Gasteiger partial charge in [0.05, 0.1) is 28.7 Å². The molecule has 1 N–H and O–H groups in total. The number of carbonyl (C=O) groups is 1. The quantitative estimate of drug-likeness (QED) is 0.481. The number of carbonyl (C=O) groups excluding carboxylic acids is 1. The second-order valence-corrected chi connectivity index (χ2v) is 8.92. The minimum atomic E-state index is -3.83. The number of amides is 1. The van der Waals surface area contributed by atoms with Gasteiger partial charge in [-0.3, -0.25) is 9.10 Å². The number of para-hydroxylation sites is 1. The summed E-state index contributed by atoms with van der Waals surface area (Å²) in [6.07, 6.45) is 3.02. The molecule has 8 heteroatoms. The van der Waals surface area contributed by atoms with Crippen molar-refractivity contribution >= 4 is 27.3 Å². The van der Waals surface area contributed by atoms with Crippen LogP contribution in [-0.2, 0) is 10.0 Å². The van der Waals surface area contributed by atoms with Crippen molar-refractivity contribution in [1.82, 2.24) is 9.97 Å². The van der Waals surface area contributed by atoms with Crippen LogP contribution in [0.2, 0.25) is 0 Å². The van der Waals surface area contributed by atoms with Crippen molar-refractivity contribution < 1.29 is 13.2 Å². The molecule has 1 heterocycles. The minimum Gasteiger partial charge on any atom is -0.319 e. The van der Waals surface area contributed by atoms with Crippen LogP contribution in [-0.4, -0.2) is 31.3 Å². The Labute approximate surface area is 186 Å². The van der Waals surface area contributed by atoms with Crippen molar-refractivity contribution in [2.24, 2.45) is 0 Å². The maximum atomic E-state index is 13.0. The molecule has 0 aliphatic heterocycles. The summed E-state index contributed by atoms with van der Waals surface area (Å²) in [4.78, 5) is 21.3. The third-order valence-electron chi connectivity index (χ3n) is 4.82. The van der Waals surface area contributed by atoms with E-state index < -0.39 is 15.9 Å². The van der Waals surface area contributed by atoms with E-state index >= 15 is 0 Å². The molecule has 0 saturated heterocycles. The smallest absolute Gasteiger partial charge is 0.264 e. The molecule has 0 aliphatic rings. The van der Waals surface area contributed by atoms with Gasteiger partial charge in [-0.2, -0.15) is 0 Å². The van der Waals surface area contributed by atoms with Gasteiger partial charge in [-0.15, -0.1) is 0 Å². The molecule has 0 fully saturated rings. The largest absolute Gasteiger partial charge is 0.319 e. The van der Waals surface area contributed by atoms with Crippen LogP contribution in [0.25, 0.3) is 11.4 Å². The Morgan fingerprint density at radius 2 is 1.47 bits per heavy atom. The van der Waals surface area contributed by atoms with Crippen molar-refractivity contribution in [2.75, 3.05) is 16.7 Å². The fourth-order valence-electron chi connectivity index (χ4n) is 3.06. The summed E-state index contributed by atoms with van der Waals surface area (Å²) in [7, 11) is -2.35. The highest BCUT2D eigenvalue weighted by molar-refractivity contribution is 7.92. The summed E-state index contributed by atoms with van der Waals surface area (Å²) >= 11 is 0. The first-order valence-corrected chi connectivity index (χ1v) is 11.2. The van der Waals surface area contributed by atoms with Crippen molar-refractivity contribution in [3.8, 4) is 11.4 Å². The van der Waals surface area contributed by atoms with Gasteiger partial charge in [0, 0.05) is 18.2 Å². The molecule has 160 valence electrons. The van der Waals surface area contributed by atoms with Gasteiger partial charge in [0.15, 0.2) is 5.82 Å². The molecular formula is C24H20N4O3S. The molecule has 0 saturated carbocycles. The van der Waals surface area contributed by atoms with E-state index in [0.717, 1.165) is 5.56 Å². The molecule has 0 unspecified atom stereocenters. The molecule has 0 atom stereocenters. The summed E-state index contributed by atoms with van der Waals surface area (Å²) < 4.78 is 27.2. The van der Waals surface area contributed by atoms with Crippen LogP contribution in [0.1, 0.15) is 10.4 Å². The first kappa shape index (κ1) is 21.2. The van der Waals surface area contributed by atoms with Gasteiger partial charge in [-0.1, -0.05) is 54.6 Å². The maximum Gasteiger partial charge on any atom is 0.264 e. The van der Waals surface area contributed by atoms with Crippen LogP contribution in [0.3, 0.4) is 0 Å². The molecule has 0 radical (unpaired) electrons. The molecule has 32 heavy (non-hydrogen) atoms. The normalized spacial score (nSPS) is 11.0. The van der Waals surface area contributed by atoms with Gasteiger partial charge < -0.3 is 5.32 Å². The van der Waals surface area contributed by atoms with Gasteiger partial charge in [0.2, 0.25) is 0 Å². The van der Waals surface area contributed by atoms with E-state index in [9.17, 15) is 13.2 Å². The van der Waals surface area contributed by atoms with Gasteiger partial charge in [0.1, 0.15) is 0 Å². The zero-order valence-corrected chi connectivity index (χ0v) is 18.0. The maximum absolute atomic E-state index is 13.0. The Balaban J connectivity index is 1.52. The third-order valence-corrected chi connectivity index (χ3v) is 6.60. The second-order valence-electron chi connectivity index (χ2n) is 6.95. The van der Waals surface area contributed by atoms with Crippen LogP contribution >= 0.6 is 0 Å². The van der Waals surface area contributed by atoms with Crippen LogP contribution < -0.4 is 9.62 Å². The SMILES string of the molecule is CN(c1ccccc1)S(=O)(=O)c1cccc(C(=O)Nc2cnc(-c3ccccc3)nc2)c1. The van der Waals surface area contributed by atoms with Crippen molar-refractivity contribution in [3.05, 3.63) is 103 Å². The number of benzene rings is 3. The number of sulfonamides is 1. The number of rotatable bonds is 6. The highest BCUT2D eigenvalue weighted by atomic mass is 32.2. The molecule has 4 rings (SSSR count). The number of aromatic nitrogens is 2. The topological polar surface area (TPSA) is 92.3 Å². The van der Waals surface area contributed by atoms with Gasteiger partial charge in [0.25, 0.3) is 15.9 Å². The molecule has 7 nitrogen and oxygen atoms in total. The van der Waals surface area contributed by atoms with Crippen LogP contribution in [0, 0.1) is 0 Å². The van der Waals surface area contributed by atoms with E-state index in [1.54, 1.807) is 30.3 Å². The van der Waals surface area contributed by atoms with Crippen LogP contribution in [0.4, 0.5) is 11.4 Å². The molecule has 4 aromatic rings. The molecule has 0 bridgehead atoms. The Hall–Kier alpha value is -4.04. The fraction of sp³-hybridized carbons (Fsp3) is 0.0417. The number of hydrogen-bond donors (Lipinski definition) is 1. The van der Waals surface area contributed by atoms with Crippen LogP contribution in [0.15, 0.2) is 102 Å². The predicted molar refractivity (Wildman–Crippen MR) is 124 cm³/mol. The van der Waals surface area contributed by atoms with E-state index in [1.165, 1.54) is 41.9 Å². The lowest BCUT2D eigenvalue weighted by molar-refractivity contribution is 0.102. The zero-order valence-electron chi connectivity index (χ0n) is 17.2. The predicted octanol–water partition coefficient (Wildman–Crippen LogP) is 4.22. The summed E-state index contributed by atoms with van der Waals surface area (Å²) in [5, 5.41) is 2.70. The molecule has 0 aliphatic carbocycles. The van der Waals surface area contributed by atoms with Gasteiger partial charge >= 0.3 is 0 Å². The number of nitrogens with one attached hydrogen (secondary N) is 1. The number of hydrogen-bond acceptors (Lipinski definition) is 5. The highest BCUT2D eigenvalue weighted by Crippen LogP contribution is 2.23. The molecule has 1 amide bonds. The molecule has 3 aromatic carbocycles. The van der Waals surface area contributed by atoms with E-state index in [-0.39, 0.29) is 10.5 Å². The lowest BCUT2D eigenvalue weighted by Gasteiger charge is -2.19. The second kappa shape index (κ2) is 8.99. The van der Waals surface area contributed by atoms with Crippen molar-refractivity contribution in [1.29, 1.82) is 0 Å². The summed E-state index contributed by atoms with van der Waals surface area (Å²) in [5.41, 5.74) is 2.01. The van der Waals surface area contributed by atoms with Crippen LogP contribution in [0.5, 0.6) is 0 Å². The van der Waals surface area contributed by atoms with E-state index in [4.69, 9.17) is 0 Å². The summed E-state index contributed by atoms with van der Waals surface area (Å²) in [5.74, 6) is 0.0844. The van der Waals surface area contributed by atoms with E-state index in [2.05, 4.69) is 15.3 Å². The monoisotopic (exact) mass is 444 g/mol.